The van der Waals surface area contributed by atoms with Crippen molar-refractivity contribution < 1.29 is 9.53 Å². The molecule has 1 aromatic carbocycles. The lowest BCUT2D eigenvalue weighted by Crippen LogP contribution is -2.42. The molecule has 3 nitrogen and oxygen atoms in total. The predicted molar refractivity (Wildman–Crippen MR) is 66.9 cm³/mol. The summed E-state index contributed by atoms with van der Waals surface area (Å²) in [6.45, 7) is 5.96. The summed E-state index contributed by atoms with van der Waals surface area (Å²) in [4.78, 5) is 11.8. The van der Waals surface area contributed by atoms with Crippen LogP contribution < -0.4 is 10.1 Å². The van der Waals surface area contributed by atoms with Crippen molar-refractivity contribution in [2.75, 3.05) is 0 Å². The van der Waals surface area contributed by atoms with E-state index in [1.54, 1.807) is 0 Å². The van der Waals surface area contributed by atoms with Crippen LogP contribution in [-0.4, -0.2) is 17.6 Å². The van der Waals surface area contributed by atoms with Crippen LogP contribution in [0.1, 0.15) is 27.2 Å². The number of para-hydroxylation sites is 1. The molecule has 92 valence electrons. The summed E-state index contributed by atoms with van der Waals surface area (Å²) in [5.41, 5.74) is -0.170. The summed E-state index contributed by atoms with van der Waals surface area (Å²) in [5.74, 6) is 0.941. The van der Waals surface area contributed by atoms with Crippen molar-refractivity contribution in [3.05, 3.63) is 30.3 Å². The van der Waals surface area contributed by atoms with Gasteiger partial charge in [0.15, 0.2) is 0 Å². The zero-order valence-corrected chi connectivity index (χ0v) is 10.6. The van der Waals surface area contributed by atoms with Crippen LogP contribution in [0.25, 0.3) is 0 Å². The van der Waals surface area contributed by atoms with Crippen molar-refractivity contribution >= 4 is 5.91 Å². The van der Waals surface area contributed by atoms with E-state index in [2.05, 4.69) is 5.32 Å². The van der Waals surface area contributed by atoms with Gasteiger partial charge in [-0.2, -0.15) is 0 Å². The molecule has 0 unspecified atom stereocenters. The molecule has 1 fully saturated rings. The van der Waals surface area contributed by atoms with E-state index >= 15 is 0 Å². The third-order valence-electron chi connectivity index (χ3n) is 2.60. The average molecular weight is 233 g/mol. The standard InChI is InChI=1S/C14H19NO2/c1-14(2,3)15-13(16)11-9-12(11)17-10-7-5-4-6-8-10/h4-8,11-12H,9H2,1-3H3,(H,15,16)/t11-,12-/m0/s1. The van der Waals surface area contributed by atoms with E-state index in [1.165, 1.54) is 0 Å². The monoisotopic (exact) mass is 233 g/mol. The van der Waals surface area contributed by atoms with Gasteiger partial charge >= 0.3 is 0 Å². The fourth-order valence-electron chi connectivity index (χ4n) is 1.71. The van der Waals surface area contributed by atoms with Crippen molar-refractivity contribution in [3.63, 3.8) is 0 Å². The number of hydrogen-bond donors (Lipinski definition) is 1. The maximum absolute atomic E-state index is 11.8. The minimum absolute atomic E-state index is 0.00873. The first-order valence-electron chi connectivity index (χ1n) is 5.99. The van der Waals surface area contributed by atoms with E-state index in [0.717, 1.165) is 12.2 Å². The van der Waals surface area contributed by atoms with Crippen molar-refractivity contribution in [2.45, 2.75) is 38.8 Å². The Morgan fingerprint density at radius 3 is 2.53 bits per heavy atom. The van der Waals surface area contributed by atoms with Crippen molar-refractivity contribution in [1.82, 2.24) is 5.32 Å². The third-order valence-corrected chi connectivity index (χ3v) is 2.60. The molecule has 0 saturated heterocycles. The zero-order valence-electron chi connectivity index (χ0n) is 10.6. The fourth-order valence-corrected chi connectivity index (χ4v) is 1.71. The number of amides is 1. The second kappa shape index (κ2) is 4.40. The highest BCUT2D eigenvalue weighted by Gasteiger charge is 2.46. The number of carbonyl (C=O) groups excluding carboxylic acids is 1. The third kappa shape index (κ3) is 3.48. The molecular weight excluding hydrogens is 214 g/mol. The Balaban J connectivity index is 1.83. The van der Waals surface area contributed by atoms with Crippen LogP contribution in [0.5, 0.6) is 5.75 Å². The molecule has 2 rings (SSSR count). The Morgan fingerprint density at radius 2 is 1.94 bits per heavy atom. The molecule has 1 aliphatic carbocycles. The Morgan fingerprint density at radius 1 is 1.29 bits per heavy atom. The molecule has 2 atom stereocenters. The summed E-state index contributed by atoms with van der Waals surface area (Å²) < 4.78 is 5.71. The smallest absolute Gasteiger partial charge is 0.227 e. The molecule has 17 heavy (non-hydrogen) atoms. The zero-order chi connectivity index (χ0) is 12.5. The highest BCUT2D eigenvalue weighted by molar-refractivity contribution is 5.82. The van der Waals surface area contributed by atoms with E-state index < -0.39 is 0 Å². The van der Waals surface area contributed by atoms with E-state index in [-0.39, 0.29) is 23.5 Å². The second-order valence-electron chi connectivity index (χ2n) is 5.55. The van der Waals surface area contributed by atoms with Gasteiger partial charge < -0.3 is 10.1 Å². The number of nitrogens with one attached hydrogen (secondary N) is 1. The first-order chi connectivity index (χ1) is 7.96. The Labute approximate surface area is 102 Å². The van der Waals surface area contributed by atoms with Crippen LogP contribution in [-0.2, 0) is 4.79 Å². The maximum atomic E-state index is 11.8. The summed E-state index contributed by atoms with van der Waals surface area (Å²) in [6, 6.07) is 9.64. The molecule has 0 aliphatic heterocycles. The molecule has 0 spiro atoms. The molecule has 1 aliphatic rings. The number of hydrogen-bond acceptors (Lipinski definition) is 2. The second-order valence-corrected chi connectivity index (χ2v) is 5.55. The maximum Gasteiger partial charge on any atom is 0.227 e. The van der Waals surface area contributed by atoms with Gasteiger partial charge in [-0.25, -0.2) is 0 Å². The lowest BCUT2D eigenvalue weighted by molar-refractivity contribution is -0.124. The predicted octanol–water partition coefficient (Wildman–Crippen LogP) is 2.37. The first-order valence-corrected chi connectivity index (χ1v) is 5.99. The molecule has 0 radical (unpaired) electrons. The van der Waals surface area contributed by atoms with Crippen LogP contribution in [0.15, 0.2) is 30.3 Å². The van der Waals surface area contributed by atoms with E-state index in [9.17, 15) is 4.79 Å². The van der Waals surface area contributed by atoms with Gasteiger partial charge in [0.2, 0.25) is 5.91 Å². The summed E-state index contributed by atoms with van der Waals surface area (Å²) in [7, 11) is 0. The van der Waals surface area contributed by atoms with Gasteiger partial charge in [-0.1, -0.05) is 18.2 Å². The molecule has 1 amide bonds. The topological polar surface area (TPSA) is 38.3 Å². The molecule has 1 saturated carbocycles. The fraction of sp³-hybridized carbons (Fsp3) is 0.500. The number of carbonyl (C=O) groups is 1. The van der Waals surface area contributed by atoms with Crippen LogP contribution >= 0.6 is 0 Å². The van der Waals surface area contributed by atoms with Gasteiger partial charge in [-0.05, 0) is 32.9 Å². The summed E-state index contributed by atoms with van der Waals surface area (Å²) >= 11 is 0. The number of benzene rings is 1. The highest BCUT2D eigenvalue weighted by Crippen LogP contribution is 2.35. The van der Waals surface area contributed by atoms with Crippen LogP contribution in [0.2, 0.25) is 0 Å². The average Bonchev–Trinajstić information content (AvgIpc) is 2.96. The molecule has 0 heterocycles. The molecule has 0 aromatic heterocycles. The quantitative estimate of drug-likeness (QED) is 0.870. The minimum Gasteiger partial charge on any atom is -0.490 e. The van der Waals surface area contributed by atoms with Gasteiger partial charge in [0, 0.05) is 12.0 Å². The van der Waals surface area contributed by atoms with Crippen molar-refractivity contribution in [3.8, 4) is 5.75 Å². The lowest BCUT2D eigenvalue weighted by atomic mass is 10.1. The van der Waals surface area contributed by atoms with E-state index in [1.807, 2.05) is 51.1 Å². The Bertz CT molecular complexity index is 394. The largest absolute Gasteiger partial charge is 0.490 e. The molecule has 3 heteroatoms. The molecular formula is C14H19NO2. The van der Waals surface area contributed by atoms with Gasteiger partial charge in [-0.3, -0.25) is 4.79 Å². The van der Waals surface area contributed by atoms with Crippen LogP contribution in [0.3, 0.4) is 0 Å². The van der Waals surface area contributed by atoms with Gasteiger partial charge in [0.25, 0.3) is 0 Å². The van der Waals surface area contributed by atoms with Crippen LogP contribution in [0.4, 0.5) is 0 Å². The molecule has 1 aromatic rings. The lowest BCUT2D eigenvalue weighted by Gasteiger charge is -2.20. The first kappa shape index (κ1) is 12.0. The summed E-state index contributed by atoms with van der Waals surface area (Å²) in [5, 5.41) is 2.98. The molecule has 0 bridgehead atoms. The Kier molecular flexibility index (Phi) is 3.09. The van der Waals surface area contributed by atoms with Crippen molar-refractivity contribution in [1.29, 1.82) is 0 Å². The van der Waals surface area contributed by atoms with Gasteiger partial charge in [-0.15, -0.1) is 0 Å². The Hall–Kier alpha value is -1.51. The molecule has 1 N–H and O–H groups in total. The van der Waals surface area contributed by atoms with Gasteiger partial charge in [0.1, 0.15) is 11.9 Å². The van der Waals surface area contributed by atoms with E-state index in [0.29, 0.717) is 0 Å². The number of ether oxygens (including phenoxy) is 1. The SMILES string of the molecule is CC(C)(C)NC(=O)[C@H]1C[C@@H]1Oc1ccccc1. The van der Waals surface area contributed by atoms with E-state index in [4.69, 9.17) is 4.74 Å². The number of rotatable bonds is 3. The van der Waals surface area contributed by atoms with Gasteiger partial charge in [0.05, 0.1) is 5.92 Å². The van der Waals surface area contributed by atoms with Crippen molar-refractivity contribution in [2.24, 2.45) is 5.92 Å². The highest BCUT2D eigenvalue weighted by atomic mass is 16.5. The normalized spacial score (nSPS) is 23.0. The summed E-state index contributed by atoms with van der Waals surface area (Å²) in [6.07, 6.45) is 0.858. The minimum atomic E-state index is -0.170. The van der Waals surface area contributed by atoms with Crippen LogP contribution in [0, 0.1) is 5.92 Å².